The molecule has 0 aliphatic carbocycles. The van der Waals surface area contributed by atoms with Gasteiger partial charge in [0.15, 0.2) is 0 Å². The smallest absolute Gasteiger partial charge is 0.0885 e. The predicted octanol–water partition coefficient (Wildman–Crippen LogP) is 2.86. The number of fused-ring (bicyclic) bond motifs is 1. The Balaban J connectivity index is 1.80. The summed E-state index contributed by atoms with van der Waals surface area (Å²) in [6.07, 6.45) is 3.66. The van der Waals surface area contributed by atoms with Crippen LogP contribution >= 0.6 is 0 Å². The molecule has 0 aliphatic rings. The summed E-state index contributed by atoms with van der Waals surface area (Å²) < 4.78 is 3.87. The largest absolute Gasteiger partial charge is 0.390 e. The van der Waals surface area contributed by atoms with Crippen LogP contribution in [0.2, 0.25) is 0 Å². The first-order valence-electron chi connectivity index (χ1n) is 8.32. The van der Waals surface area contributed by atoms with E-state index in [1.54, 1.807) is 6.20 Å². The third-order valence-corrected chi connectivity index (χ3v) is 4.27. The molecule has 0 radical (unpaired) electrons. The van der Waals surface area contributed by atoms with Gasteiger partial charge in [-0.25, -0.2) is 0 Å². The molecule has 6 heteroatoms. The summed E-state index contributed by atoms with van der Waals surface area (Å²) in [5.41, 5.74) is 4.67. The van der Waals surface area contributed by atoms with E-state index in [-0.39, 0.29) is 6.61 Å². The molecule has 0 atom stereocenters. The van der Waals surface area contributed by atoms with Crippen LogP contribution < -0.4 is 0 Å². The number of aromatic nitrogens is 5. The molecule has 3 heterocycles. The van der Waals surface area contributed by atoms with Gasteiger partial charge >= 0.3 is 0 Å². The van der Waals surface area contributed by atoms with Gasteiger partial charge in [0.25, 0.3) is 0 Å². The fraction of sp³-hybridized carbons (Fsp3) is 0.211. The van der Waals surface area contributed by atoms with E-state index in [1.807, 2.05) is 39.8 Å². The topological polar surface area (TPSA) is 68.8 Å². The molecule has 3 aromatic heterocycles. The number of pyridine rings is 1. The van der Waals surface area contributed by atoms with Crippen molar-refractivity contribution in [2.24, 2.45) is 0 Å². The molecule has 0 aliphatic heterocycles. The molecule has 25 heavy (non-hydrogen) atoms. The lowest BCUT2D eigenvalue weighted by Gasteiger charge is -2.08. The maximum Gasteiger partial charge on any atom is 0.0885 e. The Bertz CT molecular complexity index is 1000. The third-order valence-electron chi connectivity index (χ3n) is 4.27. The number of rotatable bonds is 5. The Morgan fingerprint density at radius 3 is 2.72 bits per heavy atom. The highest BCUT2D eigenvalue weighted by Gasteiger charge is 2.12. The van der Waals surface area contributed by atoms with Gasteiger partial charge in [-0.15, -0.1) is 0 Å². The van der Waals surface area contributed by atoms with Crippen LogP contribution in [0.1, 0.15) is 18.3 Å². The summed E-state index contributed by atoms with van der Waals surface area (Å²) in [4.78, 5) is 4.38. The Hall–Kier alpha value is -2.99. The summed E-state index contributed by atoms with van der Waals surface area (Å²) >= 11 is 0. The first kappa shape index (κ1) is 15.5. The first-order chi connectivity index (χ1) is 12.3. The molecular formula is C19H19N5O. The normalized spacial score (nSPS) is 11.3. The second-order valence-corrected chi connectivity index (χ2v) is 5.89. The average Bonchev–Trinajstić information content (AvgIpc) is 3.25. The quantitative estimate of drug-likeness (QED) is 0.610. The number of aliphatic hydroxyl groups excluding tert-OH is 1. The van der Waals surface area contributed by atoms with Gasteiger partial charge in [-0.05, 0) is 31.2 Å². The number of aryl methyl sites for hydroxylation is 1. The van der Waals surface area contributed by atoms with Gasteiger partial charge in [-0.1, -0.05) is 18.2 Å². The molecule has 0 bridgehead atoms. The fourth-order valence-electron chi connectivity index (χ4n) is 3.03. The minimum atomic E-state index is -0.0860. The standard InChI is InChI=1S/C19H19N5O/c1-2-23-18-9-14(6-7-15(18)11-21-23)19-10-17(13-25)22-24(19)12-16-5-3-4-8-20-16/h3-11,25H,2,12-13H2,1H3. The summed E-state index contributed by atoms with van der Waals surface area (Å²) in [6, 6.07) is 14.0. The van der Waals surface area contributed by atoms with E-state index in [9.17, 15) is 5.11 Å². The lowest BCUT2D eigenvalue weighted by Crippen LogP contribution is -2.06. The van der Waals surface area contributed by atoms with Crippen LogP contribution in [0.5, 0.6) is 0 Å². The molecule has 6 nitrogen and oxygen atoms in total. The lowest BCUT2D eigenvalue weighted by molar-refractivity contribution is 0.275. The minimum Gasteiger partial charge on any atom is -0.390 e. The molecule has 4 rings (SSSR count). The molecule has 0 saturated carbocycles. The van der Waals surface area contributed by atoms with Gasteiger partial charge in [0.1, 0.15) is 0 Å². The van der Waals surface area contributed by atoms with Crippen LogP contribution in [0, 0.1) is 0 Å². The van der Waals surface area contributed by atoms with E-state index in [2.05, 4.69) is 40.3 Å². The number of hydrogen-bond acceptors (Lipinski definition) is 4. The van der Waals surface area contributed by atoms with Gasteiger partial charge in [0, 0.05) is 23.7 Å². The SMILES string of the molecule is CCn1ncc2ccc(-c3cc(CO)nn3Cc3ccccn3)cc21. The Morgan fingerprint density at radius 1 is 1.04 bits per heavy atom. The lowest BCUT2D eigenvalue weighted by atomic mass is 10.1. The molecule has 0 unspecified atom stereocenters. The van der Waals surface area contributed by atoms with Crippen LogP contribution in [-0.2, 0) is 19.7 Å². The molecule has 126 valence electrons. The first-order valence-corrected chi connectivity index (χ1v) is 8.32. The Kier molecular flexibility index (Phi) is 4.03. The highest BCUT2D eigenvalue weighted by Crippen LogP contribution is 2.26. The van der Waals surface area contributed by atoms with Gasteiger partial charge in [0.2, 0.25) is 0 Å². The summed E-state index contributed by atoms with van der Waals surface area (Å²) in [6.45, 7) is 3.37. The number of nitrogens with zero attached hydrogens (tertiary/aromatic N) is 5. The molecule has 4 aromatic rings. The zero-order valence-electron chi connectivity index (χ0n) is 14.0. The summed E-state index contributed by atoms with van der Waals surface area (Å²) in [5, 5.41) is 19.5. The minimum absolute atomic E-state index is 0.0860. The monoisotopic (exact) mass is 333 g/mol. The van der Waals surface area contributed by atoms with E-state index in [0.717, 1.165) is 34.4 Å². The number of aliphatic hydroxyl groups is 1. The Morgan fingerprint density at radius 2 is 1.96 bits per heavy atom. The number of benzene rings is 1. The van der Waals surface area contributed by atoms with E-state index >= 15 is 0 Å². The van der Waals surface area contributed by atoms with Crippen molar-refractivity contribution in [3.8, 4) is 11.3 Å². The van der Waals surface area contributed by atoms with Crippen LogP contribution in [0.4, 0.5) is 0 Å². The van der Waals surface area contributed by atoms with Crippen LogP contribution in [0.3, 0.4) is 0 Å². The molecule has 1 aromatic carbocycles. The second-order valence-electron chi connectivity index (χ2n) is 5.89. The Labute approximate surface area is 145 Å². The van der Waals surface area contributed by atoms with Crippen molar-refractivity contribution in [2.75, 3.05) is 0 Å². The van der Waals surface area contributed by atoms with Gasteiger partial charge in [0.05, 0.1) is 41.9 Å². The second kappa shape index (κ2) is 6.49. The van der Waals surface area contributed by atoms with E-state index in [4.69, 9.17) is 0 Å². The molecule has 1 N–H and O–H groups in total. The molecule has 0 fully saturated rings. The van der Waals surface area contributed by atoms with E-state index in [1.165, 1.54) is 0 Å². The van der Waals surface area contributed by atoms with Crippen LogP contribution in [-0.4, -0.2) is 29.7 Å². The van der Waals surface area contributed by atoms with Crippen LogP contribution in [0.15, 0.2) is 54.9 Å². The van der Waals surface area contributed by atoms with E-state index in [0.29, 0.717) is 12.2 Å². The van der Waals surface area contributed by atoms with Crippen molar-refractivity contribution in [3.63, 3.8) is 0 Å². The molecule has 0 spiro atoms. The van der Waals surface area contributed by atoms with Crippen molar-refractivity contribution >= 4 is 10.9 Å². The molecule has 0 saturated heterocycles. The van der Waals surface area contributed by atoms with Crippen LogP contribution in [0.25, 0.3) is 22.2 Å². The van der Waals surface area contributed by atoms with Crippen molar-refractivity contribution in [2.45, 2.75) is 26.6 Å². The summed E-state index contributed by atoms with van der Waals surface area (Å²) in [7, 11) is 0. The fourth-order valence-corrected chi connectivity index (χ4v) is 3.03. The van der Waals surface area contributed by atoms with E-state index < -0.39 is 0 Å². The highest BCUT2D eigenvalue weighted by atomic mass is 16.3. The zero-order chi connectivity index (χ0) is 17.2. The van der Waals surface area contributed by atoms with Crippen molar-refractivity contribution in [1.29, 1.82) is 0 Å². The molecular weight excluding hydrogens is 314 g/mol. The van der Waals surface area contributed by atoms with Crippen molar-refractivity contribution in [3.05, 3.63) is 66.2 Å². The van der Waals surface area contributed by atoms with Gasteiger partial charge in [-0.2, -0.15) is 10.2 Å². The maximum absolute atomic E-state index is 9.50. The molecule has 0 amide bonds. The highest BCUT2D eigenvalue weighted by molar-refractivity contribution is 5.83. The number of hydrogen-bond donors (Lipinski definition) is 1. The van der Waals surface area contributed by atoms with Gasteiger partial charge in [-0.3, -0.25) is 14.3 Å². The van der Waals surface area contributed by atoms with Gasteiger partial charge < -0.3 is 5.11 Å². The van der Waals surface area contributed by atoms with Crippen molar-refractivity contribution in [1.82, 2.24) is 24.5 Å². The third kappa shape index (κ3) is 2.92. The predicted molar refractivity (Wildman–Crippen MR) is 95.9 cm³/mol. The average molecular weight is 333 g/mol. The van der Waals surface area contributed by atoms with Crippen molar-refractivity contribution < 1.29 is 5.11 Å². The zero-order valence-corrected chi connectivity index (χ0v) is 14.0. The summed E-state index contributed by atoms with van der Waals surface area (Å²) in [5.74, 6) is 0. The maximum atomic E-state index is 9.50.